The third-order valence-corrected chi connectivity index (χ3v) is 5.74. The van der Waals surface area contributed by atoms with Gasteiger partial charge in [-0.2, -0.15) is 0 Å². The topological polar surface area (TPSA) is 9.23 Å². The van der Waals surface area contributed by atoms with E-state index in [0.717, 1.165) is 0 Å². The van der Waals surface area contributed by atoms with Gasteiger partial charge in [0.15, 0.2) is 0 Å². The first kappa shape index (κ1) is 13.6. The van der Waals surface area contributed by atoms with Gasteiger partial charge in [0.25, 0.3) is 0 Å². The maximum atomic E-state index is 6.38. The molecule has 0 amide bonds. The molecule has 0 aromatic heterocycles. The molecule has 1 heterocycles. The summed E-state index contributed by atoms with van der Waals surface area (Å²) in [6.45, 7) is 0. The van der Waals surface area contributed by atoms with Gasteiger partial charge in [-0.05, 0) is 44.1 Å². The van der Waals surface area contributed by atoms with Crippen LogP contribution in [-0.2, 0) is 4.74 Å². The van der Waals surface area contributed by atoms with E-state index in [0.29, 0.717) is 16.5 Å². The van der Waals surface area contributed by atoms with E-state index in [1.165, 1.54) is 56.9 Å². The van der Waals surface area contributed by atoms with E-state index in [-0.39, 0.29) is 0 Å². The summed E-state index contributed by atoms with van der Waals surface area (Å²) in [5.41, 5.74) is 1.68. The number of hydrogen-bond donors (Lipinski definition) is 0. The second-order valence-corrected chi connectivity index (χ2v) is 7.23. The number of rotatable bonds is 4. The van der Waals surface area contributed by atoms with Gasteiger partial charge < -0.3 is 4.74 Å². The third kappa shape index (κ3) is 3.22. The van der Waals surface area contributed by atoms with Crippen LogP contribution < -0.4 is 0 Å². The molecule has 1 aromatic rings. The van der Waals surface area contributed by atoms with E-state index in [1.807, 2.05) is 0 Å². The van der Waals surface area contributed by atoms with Crippen LogP contribution in [-0.4, -0.2) is 11.7 Å². The lowest BCUT2D eigenvalue weighted by molar-refractivity contribution is -0.0393. The van der Waals surface area contributed by atoms with Gasteiger partial charge in [-0.3, -0.25) is 0 Å². The Morgan fingerprint density at radius 1 is 1.16 bits per heavy atom. The zero-order valence-electron chi connectivity index (χ0n) is 11.5. The second kappa shape index (κ2) is 5.97. The first-order valence-corrected chi connectivity index (χ1v) is 8.56. The van der Waals surface area contributed by atoms with Gasteiger partial charge in [0.2, 0.25) is 0 Å². The first-order valence-electron chi connectivity index (χ1n) is 7.64. The molecule has 1 saturated heterocycles. The van der Waals surface area contributed by atoms with Crippen LogP contribution in [0, 0.1) is 0 Å². The SMILES string of the molecule is BrC(CCC1CCC2(CCCC2)O1)c1ccccc1. The normalized spacial score (nSPS) is 26.9. The molecule has 2 atom stereocenters. The molecule has 1 spiro atoms. The zero-order chi connectivity index (χ0) is 13.1. The molecule has 1 aromatic carbocycles. The first-order chi connectivity index (χ1) is 9.27. The number of hydrogen-bond acceptors (Lipinski definition) is 1. The van der Waals surface area contributed by atoms with Gasteiger partial charge in [-0.25, -0.2) is 0 Å². The molecule has 1 aliphatic carbocycles. The summed E-state index contributed by atoms with van der Waals surface area (Å²) >= 11 is 3.81. The van der Waals surface area contributed by atoms with Crippen LogP contribution in [0.15, 0.2) is 30.3 Å². The Balaban J connectivity index is 1.48. The smallest absolute Gasteiger partial charge is 0.0687 e. The summed E-state index contributed by atoms with van der Waals surface area (Å²) in [6, 6.07) is 10.7. The van der Waals surface area contributed by atoms with Crippen molar-refractivity contribution in [3.05, 3.63) is 35.9 Å². The van der Waals surface area contributed by atoms with Crippen LogP contribution in [0.2, 0.25) is 0 Å². The summed E-state index contributed by atoms with van der Waals surface area (Å²) in [5.74, 6) is 0. The Morgan fingerprint density at radius 2 is 1.89 bits per heavy atom. The van der Waals surface area contributed by atoms with Gasteiger partial charge in [-0.1, -0.05) is 59.1 Å². The van der Waals surface area contributed by atoms with Crippen LogP contribution in [0.4, 0.5) is 0 Å². The quantitative estimate of drug-likeness (QED) is 0.675. The predicted molar refractivity (Wildman–Crippen MR) is 82.7 cm³/mol. The van der Waals surface area contributed by atoms with Crippen molar-refractivity contribution < 1.29 is 4.74 Å². The highest BCUT2D eigenvalue weighted by Crippen LogP contribution is 2.44. The molecular weight excluding hydrogens is 300 g/mol. The van der Waals surface area contributed by atoms with Gasteiger partial charge in [-0.15, -0.1) is 0 Å². The second-order valence-electron chi connectivity index (χ2n) is 6.12. The van der Waals surface area contributed by atoms with Crippen molar-refractivity contribution in [2.24, 2.45) is 0 Å². The largest absolute Gasteiger partial charge is 0.372 e. The van der Waals surface area contributed by atoms with Crippen molar-refractivity contribution in [1.82, 2.24) is 0 Å². The fourth-order valence-electron chi connectivity index (χ4n) is 3.65. The summed E-state index contributed by atoms with van der Waals surface area (Å²) in [7, 11) is 0. The van der Waals surface area contributed by atoms with Crippen molar-refractivity contribution in [2.75, 3.05) is 0 Å². The van der Waals surface area contributed by atoms with Gasteiger partial charge in [0, 0.05) is 4.83 Å². The van der Waals surface area contributed by atoms with E-state index >= 15 is 0 Å². The average molecular weight is 323 g/mol. The molecule has 0 bridgehead atoms. The maximum Gasteiger partial charge on any atom is 0.0687 e. The number of benzene rings is 1. The predicted octanol–water partition coefficient (Wildman–Crippen LogP) is 5.39. The molecule has 2 aliphatic rings. The molecule has 2 unspecified atom stereocenters. The van der Waals surface area contributed by atoms with Crippen molar-refractivity contribution in [2.45, 2.75) is 67.9 Å². The molecular formula is C17H23BrO. The lowest BCUT2D eigenvalue weighted by Gasteiger charge is -2.24. The molecule has 19 heavy (non-hydrogen) atoms. The molecule has 1 saturated carbocycles. The van der Waals surface area contributed by atoms with Crippen LogP contribution >= 0.6 is 15.9 Å². The summed E-state index contributed by atoms with van der Waals surface area (Å²) in [4.78, 5) is 0.470. The zero-order valence-corrected chi connectivity index (χ0v) is 13.1. The number of ether oxygens (including phenoxy) is 1. The number of halogens is 1. The Labute approximate surface area is 124 Å². The van der Waals surface area contributed by atoms with Gasteiger partial charge in [0.05, 0.1) is 11.7 Å². The highest BCUT2D eigenvalue weighted by molar-refractivity contribution is 9.09. The Morgan fingerprint density at radius 3 is 2.63 bits per heavy atom. The summed E-state index contributed by atoms with van der Waals surface area (Å²) in [6.07, 6.45) is 10.8. The lowest BCUT2D eigenvalue weighted by atomic mass is 9.97. The van der Waals surface area contributed by atoms with E-state index in [2.05, 4.69) is 46.3 Å². The van der Waals surface area contributed by atoms with Crippen LogP contribution in [0.25, 0.3) is 0 Å². The van der Waals surface area contributed by atoms with Crippen molar-refractivity contribution in [1.29, 1.82) is 0 Å². The molecule has 1 aliphatic heterocycles. The molecule has 0 N–H and O–H groups in total. The Bertz CT molecular complexity index is 397. The lowest BCUT2D eigenvalue weighted by Crippen LogP contribution is -2.24. The number of alkyl halides is 1. The fraction of sp³-hybridized carbons (Fsp3) is 0.647. The molecule has 0 radical (unpaired) electrons. The molecule has 2 fully saturated rings. The highest BCUT2D eigenvalue weighted by atomic mass is 79.9. The van der Waals surface area contributed by atoms with Crippen molar-refractivity contribution in [3.8, 4) is 0 Å². The Kier molecular flexibility index (Phi) is 4.28. The minimum absolute atomic E-state index is 0.291. The van der Waals surface area contributed by atoms with Crippen LogP contribution in [0.1, 0.15) is 61.8 Å². The maximum absolute atomic E-state index is 6.38. The summed E-state index contributed by atoms with van der Waals surface area (Å²) in [5, 5.41) is 0. The van der Waals surface area contributed by atoms with E-state index in [4.69, 9.17) is 4.74 Å². The third-order valence-electron chi connectivity index (χ3n) is 4.76. The average Bonchev–Trinajstić information content (AvgIpc) is 3.08. The highest BCUT2D eigenvalue weighted by Gasteiger charge is 2.41. The van der Waals surface area contributed by atoms with Crippen LogP contribution in [0.5, 0.6) is 0 Å². The monoisotopic (exact) mass is 322 g/mol. The minimum Gasteiger partial charge on any atom is -0.372 e. The fourth-order valence-corrected chi connectivity index (χ4v) is 4.22. The molecule has 1 nitrogen and oxygen atoms in total. The molecule has 2 heteroatoms. The standard InChI is InChI=1S/C17H23BrO/c18-16(14-6-2-1-3-7-14)9-8-15-10-13-17(19-15)11-4-5-12-17/h1-3,6-7,15-16H,4-5,8-13H2. The van der Waals surface area contributed by atoms with E-state index < -0.39 is 0 Å². The van der Waals surface area contributed by atoms with E-state index in [9.17, 15) is 0 Å². The molecule has 3 rings (SSSR count). The Hall–Kier alpha value is -0.340. The van der Waals surface area contributed by atoms with E-state index in [1.54, 1.807) is 0 Å². The van der Waals surface area contributed by atoms with Gasteiger partial charge >= 0.3 is 0 Å². The van der Waals surface area contributed by atoms with Crippen LogP contribution in [0.3, 0.4) is 0 Å². The van der Waals surface area contributed by atoms with Crippen molar-refractivity contribution in [3.63, 3.8) is 0 Å². The summed E-state index contributed by atoms with van der Waals surface area (Å²) < 4.78 is 6.38. The molecule has 104 valence electrons. The minimum atomic E-state index is 0.291. The van der Waals surface area contributed by atoms with Crippen molar-refractivity contribution >= 4 is 15.9 Å². The van der Waals surface area contributed by atoms with Gasteiger partial charge in [0.1, 0.15) is 0 Å².